The summed E-state index contributed by atoms with van der Waals surface area (Å²) in [5.74, 6) is -1.05. The van der Waals surface area contributed by atoms with Gasteiger partial charge in [-0.05, 0) is 18.6 Å². The molecule has 0 aliphatic rings. The van der Waals surface area contributed by atoms with E-state index in [9.17, 15) is 29.5 Å². The van der Waals surface area contributed by atoms with Crippen LogP contribution >= 0.6 is 0 Å². The molecule has 1 aromatic rings. The number of carbonyl (C=O) groups is 1. The Balaban J connectivity index is 2.84. The van der Waals surface area contributed by atoms with Gasteiger partial charge in [-0.1, -0.05) is 0 Å². The first-order valence-electron chi connectivity index (χ1n) is 5.87. The highest BCUT2D eigenvalue weighted by atomic mass is 19.1. The number of aliphatic hydroxyl groups is 2. The Morgan fingerprint density at radius 1 is 1.50 bits per heavy atom. The number of nitrogens with zero attached hydrogens (tertiary/aromatic N) is 1. The van der Waals surface area contributed by atoms with Crippen molar-refractivity contribution in [3.05, 3.63) is 39.7 Å². The lowest BCUT2D eigenvalue weighted by Gasteiger charge is -2.18. The number of amides is 1. The van der Waals surface area contributed by atoms with Crippen LogP contribution in [-0.2, 0) is 4.79 Å². The van der Waals surface area contributed by atoms with Crippen LogP contribution in [0.5, 0.6) is 0 Å². The maximum atomic E-state index is 13.1. The predicted molar refractivity (Wildman–Crippen MR) is 67.3 cm³/mol. The molecule has 20 heavy (non-hydrogen) atoms. The fourth-order valence-corrected chi connectivity index (χ4v) is 1.69. The Morgan fingerprint density at radius 2 is 2.15 bits per heavy atom. The second-order valence-electron chi connectivity index (χ2n) is 4.24. The molecule has 0 heterocycles. The van der Waals surface area contributed by atoms with Crippen LogP contribution in [0, 0.1) is 15.9 Å². The highest BCUT2D eigenvalue weighted by Crippen LogP contribution is 2.28. The van der Waals surface area contributed by atoms with Crippen molar-refractivity contribution < 1.29 is 24.3 Å². The van der Waals surface area contributed by atoms with E-state index >= 15 is 0 Å². The van der Waals surface area contributed by atoms with E-state index in [4.69, 9.17) is 0 Å². The molecular formula is C12H15FN2O5. The summed E-state index contributed by atoms with van der Waals surface area (Å²) >= 11 is 0. The lowest BCUT2D eigenvalue weighted by atomic mass is 10.00. The molecule has 0 saturated heterocycles. The van der Waals surface area contributed by atoms with Crippen molar-refractivity contribution in [2.45, 2.75) is 25.6 Å². The molecule has 1 rings (SSSR count). The third-order valence-electron chi connectivity index (χ3n) is 2.68. The third-order valence-corrected chi connectivity index (χ3v) is 2.68. The molecule has 3 N–H and O–H groups in total. The van der Waals surface area contributed by atoms with Gasteiger partial charge in [0.15, 0.2) is 0 Å². The van der Waals surface area contributed by atoms with Crippen LogP contribution in [0.2, 0.25) is 0 Å². The number of nitro groups is 1. The SMILES string of the molecule is CC(=O)NCCC(O)C(O)c1cc(F)ccc1[N+](=O)[O-]. The molecule has 110 valence electrons. The Labute approximate surface area is 114 Å². The van der Waals surface area contributed by atoms with Crippen LogP contribution in [0.25, 0.3) is 0 Å². The predicted octanol–water partition coefficient (Wildman–Crippen LogP) is 0.654. The van der Waals surface area contributed by atoms with E-state index in [2.05, 4.69) is 5.32 Å². The molecule has 0 aliphatic carbocycles. The number of rotatable bonds is 6. The molecule has 0 aliphatic heterocycles. The van der Waals surface area contributed by atoms with E-state index in [0.29, 0.717) is 0 Å². The minimum Gasteiger partial charge on any atom is -0.390 e. The van der Waals surface area contributed by atoms with Gasteiger partial charge in [-0.2, -0.15) is 0 Å². The Hall–Kier alpha value is -2.06. The zero-order valence-corrected chi connectivity index (χ0v) is 10.7. The minimum atomic E-state index is -1.61. The van der Waals surface area contributed by atoms with Gasteiger partial charge in [0.1, 0.15) is 11.9 Å². The topological polar surface area (TPSA) is 113 Å². The van der Waals surface area contributed by atoms with Gasteiger partial charge in [0.2, 0.25) is 5.91 Å². The highest BCUT2D eigenvalue weighted by Gasteiger charge is 2.26. The van der Waals surface area contributed by atoms with Gasteiger partial charge in [-0.15, -0.1) is 0 Å². The molecule has 1 aromatic carbocycles. The number of carbonyl (C=O) groups excluding carboxylic acids is 1. The molecule has 0 saturated carbocycles. The van der Waals surface area contributed by atoms with Crippen LogP contribution in [-0.4, -0.2) is 33.7 Å². The molecule has 0 spiro atoms. The fourth-order valence-electron chi connectivity index (χ4n) is 1.69. The van der Waals surface area contributed by atoms with E-state index in [1.165, 1.54) is 6.92 Å². The zero-order chi connectivity index (χ0) is 15.3. The highest BCUT2D eigenvalue weighted by molar-refractivity contribution is 5.72. The second-order valence-corrected chi connectivity index (χ2v) is 4.24. The average molecular weight is 286 g/mol. The van der Waals surface area contributed by atoms with Gasteiger partial charge in [-0.3, -0.25) is 14.9 Å². The standard InChI is InChI=1S/C12H15FN2O5/c1-7(16)14-5-4-11(17)12(18)9-6-8(13)2-3-10(9)15(19)20/h2-3,6,11-12,17-18H,4-5H2,1H3,(H,14,16). The van der Waals surface area contributed by atoms with Gasteiger partial charge >= 0.3 is 0 Å². The van der Waals surface area contributed by atoms with E-state index < -0.39 is 28.6 Å². The second kappa shape index (κ2) is 6.92. The molecule has 0 aromatic heterocycles. The van der Waals surface area contributed by atoms with Crippen molar-refractivity contribution in [3.63, 3.8) is 0 Å². The number of nitro benzene ring substituents is 1. The van der Waals surface area contributed by atoms with Crippen LogP contribution in [0.3, 0.4) is 0 Å². The number of hydrogen-bond acceptors (Lipinski definition) is 5. The molecule has 8 heteroatoms. The summed E-state index contributed by atoms with van der Waals surface area (Å²) in [6, 6.07) is 2.64. The Morgan fingerprint density at radius 3 is 2.70 bits per heavy atom. The molecule has 0 radical (unpaired) electrons. The van der Waals surface area contributed by atoms with E-state index in [1.807, 2.05) is 0 Å². The summed E-state index contributed by atoms with van der Waals surface area (Å²) in [5.41, 5.74) is -0.775. The summed E-state index contributed by atoms with van der Waals surface area (Å²) < 4.78 is 13.1. The largest absolute Gasteiger partial charge is 0.390 e. The number of hydrogen-bond donors (Lipinski definition) is 3. The zero-order valence-electron chi connectivity index (χ0n) is 10.7. The van der Waals surface area contributed by atoms with Crippen LogP contribution in [0.4, 0.5) is 10.1 Å². The monoisotopic (exact) mass is 286 g/mol. The lowest BCUT2D eigenvalue weighted by molar-refractivity contribution is -0.386. The summed E-state index contributed by atoms with van der Waals surface area (Å²) in [4.78, 5) is 20.7. The average Bonchev–Trinajstić information content (AvgIpc) is 2.36. The summed E-state index contributed by atoms with van der Waals surface area (Å²) in [7, 11) is 0. The van der Waals surface area contributed by atoms with E-state index in [1.54, 1.807) is 0 Å². The molecule has 2 atom stereocenters. The van der Waals surface area contributed by atoms with Gasteiger partial charge in [-0.25, -0.2) is 4.39 Å². The quantitative estimate of drug-likeness (QED) is 0.525. The molecule has 0 fully saturated rings. The lowest BCUT2D eigenvalue weighted by Crippen LogP contribution is -2.28. The van der Waals surface area contributed by atoms with Crippen LogP contribution < -0.4 is 5.32 Å². The van der Waals surface area contributed by atoms with Crippen molar-refractivity contribution in [2.24, 2.45) is 0 Å². The molecule has 1 amide bonds. The number of benzene rings is 1. The Bertz CT molecular complexity index is 509. The Kier molecular flexibility index (Phi) is 5.53. The first-order chi connectivity index (χ1) is 9.32. The van der Waals surface area contributed by atoms with Crippen LogP contribution in [0.15, 0.2) is 18.2 Å². The maximum Gasteiger partial charge on any atom is 0.275 e. The van der Waals surface area contributed by atoms with Crippen molar-refractivity contribution in [1.29, 1.82) is 0 Å². The first kappa shape index (κ1) is 16.0. The molecule has 2 unspecified atom stereocenters. The number of nitrogens with one attached hydrogen (secondary N) is 1. The summed E-state index contributed by atoms with van der Waals surface area (Å²) in [5, 5.41) is 32.8. The number of aliphatic hydroxyl groups excluding tert-OH is 2. The third kappa shape index (κ3) is 4.25. The van der Waals surface area contributed by atoms with Crippen molar-refractivity contribution in [3.8, 4) is 0 Å². The van der Waals surface area contributed by atoms with Gasteiger partial charge < -0.3 is 15.5 Å². The van der Waals surface area contributed by atoms with E-state index in [0.717, 1.165) is 18.2 Å². The van der Waals surface area contributed by atoms with Gasteiger partial charge in [0, 0.05) is 19.5 Å². The first-order valence-corrected chi connectivity index (χ1v) is 5.87. The van der Waals surface area contributed by atoms with Gasteiger partial charge in [0.25, 0.3) is 5.69 Å². The minimum absolute atomic E-state index is 0.0194. The summed E-state index contributed by atoms with van der Waals surface area (Å²) in [6.07, 6.45) is -2.99. The summed E-state index contributed by atoms with van der Waals surface area (Å²) in [6.45, 7) is 1.39. The molecule has 7 nitrogen and oxygen atoms in total. The van der Waals surface area contributed by atoms with Crippen molar-refractivity contribution >= 4 is 11.6 Å². The smallest absolute Gasteiger partial charge is 0.275 e. The van der Waals surface area contributed by atoms with Crippen molar-refractivity contribution in [2.75, 3.05) is 6.54 Å². The molecule has 0 bridgehead atoms. The van der Waals surface area contributed by atoms with Gasteiger partial charge in [0.05, 0.1) is 16.6 Å². The normalized spacial score (nSPS) is 13.6. The molecular weight excluding hydrogens is 271 g/mol. The fraction of sp³-hybridized carbons (Fsp3) is 0.417. The number of halogens is 1. The maximum absolute atomic E-state index is 13.1. The van der Waals surface area contributed by atoms with E-state index in [-0.39, 0.29) is 24.4 Å². The van der Waals surface area contributed by atoms with Crippen LogP contribution in [0.1, 0.15) is 25.0 Å². The van der Waals surface area contributed by atoms with Crippen molar-refractivity contribution in [1.82, 2.24) is 5.32 Å².